The van der Waals surface area contributed by atoms with Crippen molar-refractivity contribution in [3.8, 4) is 0 Å². The molecule has 1 heteroatoms. The fourth-order valence-corrected chi connectivity index (χ4v) is 3.07. The number of benzene rings is 3. The van der Waals surface area contributed by atoms with E-state index in [-0.39, 0.29) is 0 Å². The zero-order valence-electron chi connectivity index (χ0n) is 12.6. The molecule has 0 amide bonds. The molecule has 0 saturated carbocycles. The summed E-state index contributed by atoms with van der Waals surface area (Å²) in [4.78, 5) is 4.63. The van der Waals surface area contributed by atoms with Crippen molar-refractivity contribution in [2.75, 3.05) is 0 Å². The van der Waals surface area contributed by atoms with Crippen molar-refractivity contribution in [2.24, 2.45) is 0 Å². The summed E-state index contributed by atoms with van der Waals surface area (Å²) in [6.45, 7) is 2.14. The van der Waals surface area contributed by atoms with Gasteiger partial charge in [-0.25, -0.2) is 0 Å². The topological polar surface area (TPSA) is 12.9 Å². The minimum absolute atomic E-state index is 0.951. The van der Waals surface area contributed by atoms with Gasteiger partial charge in [0.2, 0.25) is 0 Å². The van der Waals surface area contributed by atoms with Crippen molar-refractivity contribution in [1.82, 2.24) is 4.98 Å². The normalized spacial score (nSPS) is 11.1. The highest BCUT2D eigenvalue weighted by Gasteiger charge is 2.03. The van der Waals surface area contributed by atoms with E-state index in [4.69, 9.17) is 0 Å². The maximum atomic E-state index is 4.63. The quantitative estimate of drug-likeness (QED) is 0.456. The highest BCUT2D eigenvalue weighted by Crippen LogP contribution is 2.25. The third-order valence-electron chi connectivity index (χ3n) is 4.15. The summed E-state index contributed by atoms with van der Waals surface area (Å²) >= 11 is 0. The number of aromatic nitrogens is 1. The largest absolute Gasteiger partial charge is 0.256 e. The molecule has 22 heavy (non-hydrogen) atoms. The fraction of sp³-hybridized carbons (Fsp3) is 0.0952. The van der Waals surface area contributed by atoms with Crippen LogP contribution < -0.4 is 0 Å². The van der Waals surface area contributed by atoms with Crippen LogP contribution in [-0.2, 0) is 6.42 Å². The Morgan fingerprint density at radius 3 is 2.55 bits per heavy atom. The molecule has 0 saturated heterocycles. The number of pyridine rings is 1. The first-order valence-electron chi connectivity index (χ1n) is 7.61. The van der Waals surface area contributed by atoms with E-state index in [9.17, 15) is 0 Å². The summed E-state index contributed by atoms with van der Waals surface area (Å²) in [5.41, 5.74) is 5.03. The van der Waals surface area contributed by atoms with Gasteiger partial charge in [0.1, 0.15) is 0 Å². The molecule has 4 rings (SSSR count). The van der Waals surface area contributed by atoms with Crippen molar-refractivity contribution in [3.05, 3.63) is 89.6 Å². The smallest absolute Gasteiger partial charge is 0.0711 e. The van der Waals surface area contributed by atoms with Gasteiger partial charge >= 0.3 is 0 Å². The average Bonchev–Trinajstić information content (AvgIpc) is 2.54. The van der Waals surface area contributed by atoms with Crippen LogP contribution >= 0.6 is 0 Å². The first-order valence-corrected chi connectivity index (χ1v) is 7.61. The molecule has 0 aliphatic rings. The molecule has 1 aromatic heterocycles. The summed E-state index contributed by atoms with van der Waals surface area (Å²) in [6.07, 6.45) is 2.92. The van der Waals surface area contributed by atoms with E-state index in [2.05, 4.69) is 78.6 Å². The summed E-state index contributed by atoms with van der Waals surface area (Å²) in [6, 6.07) is 23.8. The van der Waals surface area contributed by atoms with Crippen LogP contribution in [-0.4, -0.2) is 4.98 Å². The fourth-order valence-electron chi connectivity index (χ4n) is 3.07. The second kappa shape index (κ2) is 5.27. The summed E-state index contributed by atoms with van der Waals surface area (Å²) in [5, 5.41) is 3.70. The van der Waals surface area contributed by atoms with Gasteiger partial charge in [-0.3, -0.25) is 4.98 Å². The second-order valence-electron chi connectivity index (χ2n) is 5.86. The summed E-state index contributed by atoms with van der Waals surface area (Å²) in [5.74, 6) is 0. The number of hydrogen-bond acceptors (Lipinski definition) is 1. The molecule has 0 N–H and O–H groups in total. The van der Waals surface area contributed by atoms with Crippen molar-refractivity contribution in [3.63, 3.8) is 0 Å². The van der Waals surface area contributed by atoms with Gasteiger partial charge in [0, 0.05) is 17.0 Å². The number of rotatable bonds is 2. The maximum Gasteiger partial charge on any atom is 0.0711 e. The van der Waals surface area contributed by atoms with Gasteiger partial charge in [-0.15, -0.1) is 0 Å². The monoisotopic (exact) mass is 283 g/mol. The summed E-state index contributed by atoms with van der Waals surface area (Å²) < 4.78 is 0. The van der Waals surface area contributed by atoms with E-state index < -0.39 is 0 Å². The molecule has 0 fully saturated rings. The Labute approximate surface area is 130 Å². The lowest BCUT2D eigenvalue weighted by atomic mass is 10.00. The molecule has 0 atom stereocenters. The Morgan fingerprint density at radius 1 is 0.773 bits per heavy atom. The SMILES string of the molecule is Cc1cccc(Cc2ccc3c(c2)ncc2ccccc23)c1. The van der Waals surface area contributed by atoms with Crippen LogP contribution in [0.1, 0.15) is 16.7 Å². The predicted molar refractivity (Wildman–Crippen MR) is 93.2 cm³/mol. The van der Waals surface area contributed by atoms with E-state index in [1.54, 1.807) is 0 Å². The third-order valence-corrected chi connectivity index (χ3v) is 4.15. The van der Waals surface area contributed by atoms with Crippen LogP contribution in [0, 0.1) is 6.92 Å². The minimum atomic E-state index is 0.951. The molecule has 0 aliphatic heterocycles. The highest BCUT2D eigenvalue weighted by molar-refractivity contribution is 6.05. The molecular weight excluding hydrogens is 266 g/mol. The van der Waals surface area contributed by atoms with Crippen LogP contribution in [0.4, 0.5) is 0 Å². The van der Waals surface area contributed by atoms with Crippen LogP contribution in [0.5, 0.6) is 0 Å². The second-order valence-corrected chi connectivity index (χ2v) is 5.86. The lowest BCUT2D eigenvalue weighted by Crippen LogP contribution is -1.90. The van der Waals surface area contributed by atoms with Gasteiger partial charge in [0.25, 0.3) is 0 Å². The van der Waals surface area contributed by atoms with Gasteiger partial charge in [-0.1, -0.05) is 66.2 Å². The van der Waals surface area contributed by atoms with E-state index in [0.29, 0.717) is 0 Å². The number of nitrogens with zero attached hydrogens (tertiary/aromatic N) is 1. The Bertz CT molecular complexity index is 970. The van der Waals surface area contributed by atoms with E-state index in [0.717, 1.165) is 11.9 Å². The molecule has 0 aliphatic carbocycles. The van der Waals surface area contributed by atoms with Gasteiger partial charge in [0.15, 0.2) is 0 Å². The number of hydrogen-bond donors (Lipinski definition) is 0. The standard InChI is InChI=1S/C21H17N/c1-15-5-4-6-16(11-15)12-17-9-10-20-19-8-3-2-7-18(19)14-22-21(20)13-17/h2-11,13-14H,12H2,1H3. The molecule has 3 aromatic carbocycles. The first kappa shape index (κ1) is 13.0. The maximum absolute atomic E-state index is 4.63. The molecule has 1 nitrogen and oxygen atoms in total. The molecule has 4 aromatic rings. The molecule has 1 heterocycles. The van der Waals surface area contributed by atoms with Crippen LogP contribution in [0.2, 0.25) is 0 Å². The van der Waals surface area contributed by atoms with Gasteiger partial charge in [-0.05, 0) is 35.9 Å². The number of fused-ring (bicyclic) bond motifs is 3. The summed E-state index contributed by atoms with van der Waals surface area (Å²) in [7, 11) is 0. The zero-order chi connectivity index (χ0) is 14.9. The molecule has 0 spiro atoms. The third kappa shape index (κ3) is 2.35. The molecule has 0 radical (unpaired) electrons. The van der Waals surface area contributed by atoms with Crippen LogP contribution in [0.3, 0.4) is 0 Å². The Balaban J connectivity index is 1.79. The van der Waals surface area contributed by atoms with Crippen molar-refractivity contribution in [2.45, 2.75) is 13.3 Å². The van der Waals surface area contributed by atoms with E-state index in [1.807, 2.05) is 6.20 Å². The van der Waals surface area contributed by atoms with Crippen molar-refractivity contribution in [1.29, 1.82) is 0 Å². The Morgan fingerprint density at radius 2 is 1.64 bits per heavy atom. The predicted octanol–water partition coefficient (Wildman–Crippen LogP) is 5.29. The van der Waals surface area contributed by atoms with E-state index >= 15 is 0 Å². The van der Waals surface area contributed by atoms with E-state index in [1.165, 1.54) is 32.8 Å². The lowest BCUT2D eigenvalue weighted by Gasteiger charge is -2.07. The van der Waals surface area contributed by atoms with Gasteiger partial charge in [0.05, 0.1) is 5.52 Å². The molecule has 0 bridgehead atoms. The van der Waals surface area contributed by atoms with Crippen LogP contribution in [0.25, 0.3) is 21.7 Å². The molecular formula is C21H17N. The van der Waals surface area contributed by atoms with Crippen molar-refractivity contribution < 1.29 is 0 Å². The minimum Gasteiger partial charge on any atom is -0.256 e. The number of aryl methyl sites for hydroxylation is 1. The Hall–Kier alpha value is -2.67. The average molecular weight is 283 g/mol. The first-order chi connectivity index (χ1) is 10.8. The molecule has 0 unspecified atom stereocenters. The van der Waals surface area contributed by atoms with Gasteiger partial charge < -0.3 is 0 Å². The van der Waals surface area contributed by atoms with Crippen molar-refractivity contribution >= 4 is 21.7 Å². The van der Waals surface area contributed by atoms with Gasteiger partial charge in [-0.2, -0.15) is 0 Å². The van der Waals surface area contributed by atoms with Crippen LogP contribution in [0.15, 0.2) is 72.9 Å². The Kier molecular flexibility index (Phi) is 3.12. The zero-order valence-corrected chi connectivity index (χ0v) is 12.6. The lowest BCUT2D eigenvalue weighted by molar-refractivity contribution is 1.18. The highest BCUT2D eigenvalue weighted by atomic mass is 14.6. The molecule has 106 valence electrons.